The summed E-state index contributed by atoms with van der Waals surface area (Å²) in [7, 11) is 0. The van der Waals surface area contributed by atoms with Crippen LogP contribution in [-0.2, 0) is 4.79 Å². The lowest BCUT2D eigenvalue weighted by Gasteiger charge is -2.19. The van der Waals surface area contributed by atoms with E-state index in [1.54, 1.807) is 6.08 Å². The third-order valence-corrected chi connectivity index (χ3v) is 17.2. The van der Waals surface area contributed by atoms with Crippen LogP contribution in [0, 0.1) is 0 Å². The molecule has 77 heavy (non-hydrogen) atoms. The number of hydrogen-bond acceptors (Lipinski definition) is 3. The number of nitrogens with one attached hydrogen (secondary N) is 1. The van der Waals surface area contributed by atoms with Crippen LogP contribution < -0.4 is 5.32 Å². The lowest BCUT2D eigenvalue weighted by Crippen LogP contribution is -2.45. The number of hydrogen-bond donors (Lipinski definition) is 3. The first-order valence-corrected chi connectivity index (χ1v) is 36.1. The average molecular weight is 1080 g/mol. The summed E-state index contributed by atoms with van der Waals surface area (Å²) in [4.78, 5) is 12.5. The van der Waals surface area contributed by atoms with Crippen molar-refractivity contribution in [1.82, 2.24) is 5.32 Å². The first-order chi connectivity index (χ1) is 38.2. The zero-order valence-corrected chi connectivity index (χ0v) is 53.0. The van der Waals surface area contributed by atoms with Crippen LogP contribution in [0.15, 0.2) is 24.3 Å². The van der Waals surface area contributed by atoms with E-state index in [9.17, 15) is 15.0 Å². The van der Waals surface area contributed by atoms with Crippen molar-refractivity contribution in [1.29, 1.82) is 0 Å². The maximum absolute atomic E-state index is 12.5. The SMILES string of the molecule is CCCCCCCCCCCCCCCCCCCCC/C=C/CC/C=C/C(O)C(CO)NC(=O)CCCCCCCCCCCCCCCCCCCCCCCCCCCCCCCCCCCCCCCCCC. The van der Waals surface area contributed by atoms with Gasteiger partial charge in [0.2, 0.25) is 5.91 Å². The number of allylic oxidation sites excluding steroid dienone is 3. The van der Waals surface area contributed by atoms with Gasteiger partial charge >= 0.3 is 0 Å². The number of amides is 1. The Morgan fingerprint density at radius 3 is 0.753 bits per heavy atom. The zero-order valence-electron chi connectivity index (χ0n) is 53.0. The molecule has 0 aromatic heterocycles. The van der Waals surface area contributed by atoms with Gasteiger partial charge in [0.25, 0.3) is 0 Å². The van der Waals surface area contributed by atoms with Gasteiger partial charge in [-0.1, -0.05) is 404 Å². The fourth-order valence-corrected chi connectivity index (χ4v) is 11.7. The summed E-state index contributed by atoms with van der Waals surface area (Å²) in [6.45, 7) is 4.35. The first-order valence-electron chi connectivity index (χ1n) is 36.1. The van der Waals surface area contributed by atoms with E-state index in [-0.39, 0.29) is 12.5 Å². The van der Waals surface area contributed by atoms with Crippen LogP contribution in [0.25, 0.3) is 0 Å². The third kappa shape index (κ3) is 65.6. The van der Waals surface area contributed by atoms with E-state index in [0.717, 1.165) is 32.1 Å². The molecule has 4 nitrogen and oxygen atoms in total. The van der Waals surface area contributed by atoms with Gasteiger partial charge in [-0.05, 0) is 32.1 Å². The Morgan fingerprint density at radius 2 is 0.506 bits per heavy atom. The van der Waals surface area contributed by atoms with Gasteiger partial charge in [-0.2, -0.15) is 0 Å². The van der Waals surface area contributed by atoms with Gasteiger partial charge < -0.3 is 15.5 Å². The predicted molar refractivity (Wildman–Crippen MR) is 346 cm³/mol. The summed E-state index contributed by atoms with van der Waals surface area (Å²) >= 11 is 0. The number of aliphatic hydroxyl groups is 2. The molecule has 2 unspecified atom stereocenters. The number of aliphatic hydroxyl groups excluding tert-OH is 2. The topological polar surface area (TPSA) is 69.6 Å². The van der Waals surface area contributed by atoms with E-state index in [1.807, 2.05) is 6.08 Å². The summed E-state index contributed by atoms with van der Waals surface area (Å²) < 4.78 is 0. The first kappa shape index (κ1) is 75.9. The highest BCUT2D eigenvalue weighted by molar-refractivity contribution is 5.76. The van der Waals surface area contributed by atoms with Gasteiger partial charge in [0.1, 0.15) is 0 Å². The van der Waals surface area contributed by atoms with Gasteiger partial charge in [0, 0.05) is 6.42 Å². The van der Waals surface area contributed by atoms with Crippen LogP contribution in [-0.4, -0.2) is 34.9 Å². The molecule has 0 fully saturated rings. The van der Waals surface area contributed by atoms with Crippen molar-refractivity contribution in [2.45, 2.75) is 431 Å². The van der Waals surface area contributed by atoms with E-state index in [2.05, 4.69) is 31.3 Å². The van der Waals surface area contributed by atoms with Crippen LogP contribution in [0.3, 0.4) is 0 Å². The van der Waals surface area contributed by atoms with Gasteiger partial charge in [-0.25, -0.2) is 0 Å². The summed E-state index contributed by atoms with van der Waals surface area (Å²) in [6.07, 6.45) is 94.4. The molecule has 0 aliphatic carbocycles. The predicted octanol–water partition coefficient (Wildman–Crippen LogP) is 24.6. The van der Waals surface area contributed by atoms with Gasteiger partial charge in [-0.15, -0.1) is 0 Å². The standard InChI is InChI=1S/C73H143NO3/c1-3-5-7-9-11-13-15-17-19-21-23-25-27-29-30-31-32-33-34-35-36-37-38-39-40-41-42-43-45-47-49-51-53-55-57-59-61-63-65-67-69-73(77)74-71(70-75)72(76)68-66-64-62-60-58-56-54-52-50-48-46-44-28-26-24-22-20-18-16-14-12-10-8-6-4-2/h58,60,66,68,71-72,75-76H,3-57,59,61-65,67,69-70H2,1-2H3,(H,74,77)/b60-58+,68-66+. The second kappa shape index (κ2) is 69.1. The summed E-state index contributed by atoms with van der Waals surface area (Å²) in [5, 5.41) is 23.3. The molecule has 0 aromatic carbocycles. The van der Waals surface area contributed by atoms with E-state index < -0.39 is 12.1 Å². The van der Waals surface area contributed by atoms with Crippen molar-refractivity contribution >= 4 is 5.91 Å². The Balaban J connectivity index is 3.39. The molecule has 0 aliphatic heterocycles. The molecule has 0 saturated carbocycles. The van der Waals surface area contributed by atoms with Crippen molar-refractivity contribution in [2.24, 2.45) is 0 Å². The molecular weight excluding hydrogens is 939 g/mol. The maximum Gasteiger partial charge on any atom is 0.220 e. The molecule has 0 aromatic rings. The van der Waals surface area contributed by atoms with Gasteiger partial charge in [0.05, 0.1) is 18.8 Å². The maximum atomic E-state index is 12.5. The smallest absolute Gasteiger partial charge is 0.220 e. The lowest BCUT2D eigenvalue weighted by molar-refractivity contribution is -0.123. The molecular formula is C73H143NO3. The van der Waals surface area contributed by atoms with E-state index in [0.29, 0.717) is 6.42 Å². The molecule has 2 atom stereocenters. The Labute approximate surface area is 485 Å². The van der Waals surface area contributed by atoms with Crippen LogP contribution in [0.1, 0.15) is 418 Å². The minimum atomic E-state index is -0.861. The zero-order chi connectivity index (χ0) is 55.5. The fraction of sp³-hybridized carbons (Fsp3) is 0.932. The number of carbonyl (C=O) groups is 1. The van der Waals surface area contributed by atoms with Crippen molar-refractivity contribution in [3.63, 3.8) is 0 Å². The highest BCUT2D eigenvalue weighted by Crippen LogP contribution is 2.20. The molecule has 0 bridgehead atoms. The van der Waals surface area contributed by atoms with Crippen molar-refractivity contribution < 1.29 is 15.0 Å². The van der Waals surface area contributed by atoms with Crippen molar-refractivity contribution in [3.05, 3.63) is 24.3 Å². The molecule has 0 aliphatic rings. The molecule has 4 heteroatoms. The van der Waals surface area contributed by atoms with Crippen molar-refractivity contribution in [2.75, 3.05) is 6.61 Å². The van der Waals surface area contributed by atoms with Crippen LogP contribution in [0.2, 0.25) is 0 Å². The Hall–Kier alpha value is -1.13. The van der Waals surface area contributed by atoms with Gasteiger partial charge in [-0.3, -0.25) is 4.79 Å². The molecule has 3 N–H and O–H groups in total. The average Bonchev–Trinajstić information content (AvgIpc) is 3.43. The van der Waals surface area contributed by atoms with Crippen LogP contribution >= 0.6 is 0 Å². The lowest BCUT2D eigenvalue weighted by atomic mass is 10.0. The molecule has 0 radical (unpaired) electrons. The van der Waals surface area contributed by atoms with Crippen molar-refractivity contribution in [3.8, 4) is 0 Å². The van der Waals surface area contributed by atoms with Crippen LogP contribution in [0.4, 0.5) is 0 Å². The van der Waals surface area contributed by atoms with Gasteiger partial charge in [0.15, 0.2) is 0 Å². The normalized spacial score (nSPS) is 12.7. The fourth-order valence-electron chi connectivity index (χ4n) is 11.7. The molecule has 458 valence electrons. The third-order valence-electron chi connectivity index (χ3n) is 17.2. The Kier molecular flexibility index (Phi) is 68.1. The minimum absolute atomic E-state index is 0.0640. The van der Waals surface area contributed by atoms with E-state index in [1.165, 1.54) is 366 Å². The molecule has 0 heterocycles. The number of rotatable bonds is 68. The quantitative estimate of drug-likeness (QED) is 0.0420. The molecule has 0 spiro atoms. The van der Waals surface area contributed by atoms with Crippen LogP contribution in [0.5, 0.6) is 0 Å². The second-order valence-corrected chi connectivity index (χ2v) is 25.0. The Morgan fingerprint density at radius 1 is 0.299 bits per heavy atom. The second-order valence-electron chi connectivity index (χ2n) is 25.0. The summed E-state index contributed by atoms with van der Waals surface area (Å²) in [6, 6.07) is -0.638. The number of unbranched alkanes of at least 4 members (excludes halogenated alkanes) is 59. The Bertz CT molecular complexity index is 1140. The minimum Gasteiger partial charge on any atom is -0.394 e. The van der Waals surface area contributed by atoms with E-state index >= 15 is 0 Å². The van der Waals surface area contributed by atoms with E-state index in [4.69, 9.17) is 0 Å². The largest absolute Gasteiger partial charge is 0.394 e. The molecule has 0 rings (SSSR count). The summed E-state index contributed by atoms with van der Waals surface area (Å²) in [5.41, 5.74) is 0. The molecule has 1 amide bonds. The summed E-state index contributed by atoms with van der Waals surface area (Å²) in [5.74, 6) is -0.0640. The number of carbonyl (C=O) groups excluding carboxylic acids is 1. The monoisotopic (exact) mass is 1080 g/mol. The molecule has 0 saturated heterocycles. The highest BCUT2D eigenvalue weighted by atomic mass is 16.3. The highest BCUT2D eigenvalue weighted by Gasteiger charge is 2.18.